The molecule has 0 saturated carbocycles. The van der Waals surface area contributed by atoms with Gasteiger partial charge < -0.3 is 20.2 Å². The zero-order chi connectivity index (χ0) is 19.9. The van der Waals surface area contributed by atoms with Crippen molar-refractivity contribution < 1.29 is 27.5 Å². The van der Waals surface area contributed by atoms with Gasteiger partial charge in [0.2, 0.25) is 0 Å². The fraction of sp³-hybridized carbons (Fsp3) is 0.222. The summed E-state index contributed by atoms with van der Waals surface area (Å²) in [6.07, 6.45) is -2.41. The minimum atomic E-state index is -4.55. The lowest BCUT2D eigenvalue weighted by Crippen LogP contribution is -2.36. The van der Waals surface area contributed by atoms with Crippen LogP contribution in [0.2, 0.25) is 0 Å². The first kappa shape index (κ1) is 18.0. The Morgan fingerprint density at radius 3 is 2.82 bits per heavy atom. The number of hydrogen-bond acceptors (Lipinski definition) is 5. The van der Waals surface area contributed by atoms with Crippen molar-refractivity contribution in [1.29, 1.82) is 0 Å². The number of phenols is 1. The number of amides is 1. The molecule has 10 heteroatoms. The van der Waals surface area contributed by atoms with E-state index in [0.29, 0.717) is 11.4 Å². The highest BCUT2D eigenvalue weighted by atomic mass is 19.4. The summed E-state index contributed by atoms with van der Waals surface area (Å²) in [5, 5.41) is 18.8. The van der Waals surface area contributed by atoms with Crippen LogP contribution in [-0.2, 0) is 0 Å². The fourth-order valence-electron chi connectivity index (χ4n) is 3.19. The van der Waals surface area contributed by atoms with Gasteiger partial charge in [0.05, 0.1) is 18.5 Å². The number of alkyl halides is 3. The molecule has 4 rings (SSSR count). The van der Waals surface area contributed by atoms with Crippen molar-refractivity contribution in [2.24, 2.45) is 0 Å². The molecule has 28 heavy (non-hydrogen) atoms. The number of aromatic hydroxyl groups is 1. The summed E-state index contributed by atoms with van der Waals surface area (Å²) in [7, 11) is 0. The van der Waals surface area contributed by atoms with Crippen LogP contribution in [0.4, 0.5) is 24.7 Å². The molecule has 0 spiro atoms. The van der Waals surface area contributed by atoms with Crippen molar-refractivity contribution in [2.75, 3.05) is 10.6 Å². The van der Waals surface area contributed by atoms with E-state index in [0.717, 1.165) is 10.9 Å². The molecule has 7 nitrogen and oxygen atoms in total. The van der Waals surface area contributed by atoms with Crippen LogP contribution in [0.1, 0.15) is 34.6 Å². The van der Waals surface area contributed by atoms with Gasteiger partial charge in [-0.05, 0) is 24.3 Å². The average molecular weight is 392 g/mol. The van der Waals surface area contributed by atoms with E-state index in [2.05, 4.69) is 15.7 Å². The zero-order valence-electron chi connectivity index (χ0n) is 14.3. The van der Waals surface area contributed by atoms with Gasteiger partial charge in [0.1, 0.15) is 22.9 Å². The number of furan rings is 1. The summed E-state index contributed by atoms with van der Waals surface area (Å²) < 4.78 is 46.8. The molecule has 0 saturated heterocycles. The number of hydrogen-bond donors (Lipinski definition) is 3. The second-order valence-corrected chi connectivity index (χ2v) is 6.36. The number of nitrogens with one attached hydrogen (secondary N) is 2. The van der Waals surface area contributed by atoms with Crippen LogP contribution in [0.5, 0.6) is 5.75 Å². The van der Waals surface area contributed by atoms with E-state index in [1.807, 2.05) is 0 Å². The van der Waals surface area contributed by atoms with E-state index in [1.165, 1.54) is 24.5 Å². The summed E-state index contributed by atoms with van der Waals surface area (Å²) in [5.41, 5.74) is 0.254. The van der Waals surface area contributed by atoms with Gasteiger partial charge in [-0.25, -0.2) is 4.68 Å². The number of aromatic nitrogens is 2. The predicted molar refractivity (Wildman–Crippen MR) is 93.1 cm³/mol. The predicted octanol–water partition coefficient (Wildman–Crippen LogP) is 4.09. The molecule has 1 aliphatic heterocycles. The summed E-state index contributed by atoms with van der Waals surface area (Å²) in [4.78, 5) is 12.6. The van der Waals surface area contributed by atoms with Gasteiger partial charge in [-0.1, -0.05) is 6.07 Å². The third kappa shape index (κ3) is 3.28. The molecular weight excluding hydrogens is 377 g/mol. The third-order valence-electron chi connectivity index (χ3n) is 4.47. The maximum Gasteiger partial charge on any atom is 0.410 e. The number of carbonyl (C=O) groups excluding carboxylic acids is 1. The molecule has 0 radical (unpaired) electrons. The lowest BCUT2D eigenvalue weighted by atomic mass is 10.0. The first-order valence-electron chi connectivity index (χ1n) is 8.37. The summed E-state index contributed by atoms with van der Waals surface area (Å²) in [6.45, 7) is 0. The second kappa shape index (κ2) is 6.63. The van der Waals surface area contributed by atoms with Gasteiger partial charge in [-0.2, -0.15) is 18.3 Å². The molecular formula is C18H15F3N4O3. The van der Waals surface area contributed by atoms with Gasteiger partial charge in [-0.3, -0.25) is 4.79 Å². The summed E-state index contributed by atoms with van der Waals surface area (Å²) in [6, 6.07) is 6.32. The Kier molecular flexibility index (Phi) is 4.25. The number of benzene rings is 1. The average Bonchev–Trinajstić information content (AvgIpc) is 3.29. The van der Waals surface area contributed by atoms with Gasteiger partial charge in [0, 0.05) is 18.2 Å². The standard InChI is InChI=1S/C18H15F3N4O3/c19-18(20,21)15-8-13(14-5-2-6-28-14)24-16-12(9-22-25(15)16)17(27)23-10-3-1-4-11(26)7-10/h1-7,9,13,15,24,26H,8H2,(H,23,27)/t13-,15-/m0/s1. The Balaban J connectivity index is 1.68. The Hall–Kier alpha value is -3.43. The molecule has 3 aromatic rings. The molecule has 1 amide bonds. The maximum absolute atomic E-state index is 13.6. The summed E-state index contributed by atoms with van der Waals surface area (Å²) >= 11 is 0. The van der Waals surface area contributed by atoms with Crippen LogP contribution in [-0.4, -0.2) is 27.0 Å². The minimum Gasteiger partial charge on any atom is -0.508 e. The molecule has 1 aliphatic rings. The topological polar surface area (TPSA) is 92.3 Å². The van der Waals surface area contributed by atoms with Crippen molar-refractivity contribution in [3.8, 4) is 5.75 Å². The molecule has 0 aliphatic carbocycles. The molecule has 0 unspecified atom stereocenters. The third-order valence-corrected chi connectivity index (χ3v) is 4.47. The van der Waals surface area contributed by atoms with E-state index in [4.69, 9.17) is 4.42 Å². The van der Waals surface area contributed by atoms with Crippen molar-refractivity contribution in [1.82, 2.24) is 9.78 Å². The number of carbonyl (C=O) groups is 1. The van der Waals surface area contributed by atoms with Crippen LogP contribution in [0.25, 0.3) is 0 Å². The van der Waals surface area contributed by atoms with Gasteiger partial charge in [-0.15, -0.1) is 0 Å². The number of phenolic OH excluding ortho intramolecular Hbond substituents is 1. The lowest BCUT2D eigenvalue weighted by Gasteiger charge is -2.32. The number of rotatable bonds is 3. The number of fused-ring (bicyclic) bond motifs is 1. The van der Waals surface area contributed by atoms with E-state index in [-0.39, 0.29) is 23.6 Å². The Bertz CT molecular complexity index is 998. The van der Waals surface area contributed by atoms with Crippen molar-refractivity contribution >= 4 is 17.4 Å². The molecule has 2 atom stereocenters. The molecule has 0 fully saturated rings. The van der Waals surface area contributed by atoms with Crippen LogP contribution >= 0.6 is 0 Å². The SMILES string of the molecule is O=C(Nc1cccc(O)c1)c1cnn2c1N[C@H](c1ccco1)C[C@H]2C(F)(F)F. The van der Waals surface area contributed by atoms with E-state index in [9.17, 15) is 23.1 Å². The first-order chi connectivity index (χ1) is 13.3. The maximum atomic E-state index is 13.6. The van der Waals surface area contributed by atoms with E-state index in [1.54, 1.807) is 18.2 Å². The molecule has 2 aromatic heterocycles. The second-order valence-electron chi connectivity index (χ2n) is 6.36. The highest BCUT2D eigenvalue weighted by Gasteiger charge is 2.47. The monoisotopic (exact) mass is 392 g/mol. The number of nitrogens with zero attached hydrogens (tertiary/aromatic N) is 2. The first-order valence-corrected chi connectivity index (χ1v) is 8.37. The van der Waals surface area contributed by atoms with Crippen LogP contribution in [0.15, 0.2) is 53.3 Å². The smallest absolute Gasteiger partial charge is 0.410 e. The lowest BCUT2D eigenvalue weighted by molar-refractivity contribution is -0.174. The van der Waals surface area contributed by atoms with Crippen molar-refractivity contribution in [3.63, 3.8) is 0 Å². The fourth-order valence-corrected chi connectivity index (χ4v) is 3.19. The van der Waals surface area contributed by atoms with Crippen molar-refractivity contribution in [2.45, 2.75) is 24.7 Å². The van der Waals surface area contributed by atoms with Crippen LogP contribution in [0.3, 0.4) is 0 Å². The Morgan fingerprint density at radius 2 is 2.14 bits per heavy atom. The highest BCUT2D eigenvalue weighted by molar-refractivity contribution is 6.07. The molecule has 146 valence electrons. The number of halogens is 3. The summed E-state index contributed by atoms with van der Waals surface area (Å²) in [5.74, 6) is -0.419. The Morgan fingerprint density at radius 1 is 1.32 bits per heavy atom. The molecule has 3 heterocycles. The van der Waals surface area contributed by atoms with Gasteiger partial charge in [0.25, 0.3) is 5.91 Å². The molecule has 3 N–H and O–H groups in total. The van der Waals surface area contributed by atoms with Gasteiger partial charge >= 0.3 is 6.18 Å². The minimum absolute atomic E-state index is 0.0474. The van der Waals surface area contributed by atoms with Gasteiger partial charge in [0.15, 0.2) is 6.04 Å². The molecule has 0 bridgehead atoms. The number of anilines is 2. The van der Waals surface area contributed by atoms with Crippen molar-refractivity contribution in [3.05, 3.63) is 60.2 Å². The molecule has 1 aromatic carbocycles. The van der Waals surface area contributed by atoms with Crippen LogP contribution < -0.4 is 10.6 Å². The quantitative estimate of drug-likeness (QED) is 0.624. The normalized spacial score (nSPS) is 19.0. The highest BCUT2D eigenvalue weighted by Crippen LogP contribution is 2.44. The van der Waals surface area contributed by atoms with Crippen LogP contribution in [0, 0.1) is 0 Å². The Labute approximate surface area is 156 Å². The largest absolute Gasteiger partial charge is 0.508 e. The zero-order valence-corrected chi connectivity index (χ0v) is 14.3. The van der Waals surface area contributed by atoms with E-state index >= 15 is 0 Å². The van der Waals surface area contributed by atoms with E-state index < -0.39 is 24.2 Å².